The molecule has 3 aromatic rings. The van der Waals surface area contributed by atoms with Crippen LogP contribution < -0.4 is 0 Å². The smallest absolute Gasteiger partial charge is 0.124 e. The first-order chi connectivity index (χ1) is 15.3. The fourth-order valence-electron chi connectivity index (χ4n) is 4.26. The molecule has 32 heavy (non-hydrogen) atoms. The van der Waals surface area contributed by atoms with Crippen molar-refractivity contribution in [2.75, 3.05) is 0 Å². The maximum Gasteiger partial charge on any atom is 0.124 e. The molecule has 2 atom stereocenters. The molecule has 1 heterocycles. The Morgan fingerprint density at radius 3 is 2.50 bits per heavy atom. The predicted octanol–water partition coefficient (Wildman–Crippen LogP) is 8.04. The minimum atomic E-state index is -0.667. The van der Waals surface area contributed by atoms with Gasteiger partial charge >= 0.3 is 0 Å². The Hall–Kier alpha value is -2.30. The van der Waals surface area contributed by atoms with E-state index in [2.05, 4.69) is 11.1 Å². The van der Waals surface area contributed by atoms with Crippen molar-refractivity contribution >= 4 is 58.2 Å². The second-order valence-corrected chi connectivity index (χ2v) is 9.58. The Morgan fingerprint density at radius 1 is 1.03 bits per heavy atom. The highest BCUT2D eigenvalue weighted by atomic mass is 35.5. The molecule has 2 unspecified atom stereocenters. The molecular formula is C25H16Cl4N2O. The van der Waals surface area contributed by atoms with Gasteiger partial charge in [0.25, 0.3) is 0 Å². The van der Waals surface area contributed by atoms with Gasteiger partial charge in [-0.3, -0.25) is 4.98 Å². The van der Waals surface area contributed by atoms with Crippen molar-refractivity contribution in [3.63, 3.8) is 0 Å². The molecule has 1 aromatic heterocycles. The molecule has 0 spiro atoms. The average Bonchev–Trinajstić information content (AvgIpc) is 3.51. The number of hydrogen-bond donors (Lipinski definition) is 2. The van der Waals surface area contributed by atoms with Gasteiger partial charge in [0.1, 0.15) is 5.75 Å². The molecule has 2 aromatic carbocycles. The Bertz CT molecular complexity index is 1330. The molecule has 0 amide bonds. The summed E-state index contributed by atoms with van der Waals surface area (Å²) in [7, 11) is 0. The second-order valence-electron chi connectivity index (χ2n) is 7.90. The normalized spacial score (nSPS) is 17.1. The molecule has 2 aliphatic rings. The zero-order valence-corrected chi connectivity index (χ0v) is 19.6. The van der Waals surface area contributed by atoms with E-state index < -0.39 is 5.92 Å². The van der Waals surface area contributed by atoms with Crippen molar-refractivity contribution in [3.05, 3.63) is 108 Å². The van der Waals surface area contributed by atoms with E-state index in [1.54, 1.807) is 24.3 Å². The van der Waals surface area contributed by atoms with Gasteiger partial charge in [-0.25, -0.2) is 0 Å². The summed E-state index contributed by atoms with van der Waals surface area (Å²) in [6.07, 6.45) is 8.44. The molecule has 1 saturated carbocycles. The molecule has 0 saturated heterocycles. The fraction of sp³-hybridized carbons (Fsp3) is 0.120. The van der Waals surface area contributed by atoms with Gasteiger partial charge in [0, 0.05) is 33.3 Å². The van der Waals surface area contributed by atoms with Crippen molar-refractivity contribution < 1.29 is 5.11 Å². The SMILES string of the molecule is N=C(c1cc(Cl)c(Cl)cn1)C(c1cc(Cl)cc(Cl)c1)c1ccc2c(c1O)C1CC1=CC=C2. The van der Waals surface area contributed by atoms with Crippen LogP contribution >= 0.6 is 46.4 Å². The van der Waals surface area contributed by atoms with Crippen LogP contribution in [0, 0.1) is 5.41 Å². The standard InChI is InChI=1S/C25H16Cl4N2O/c26-15-6-14(7-16(27)9-15)22(24(30)21-10-19(28)20(29)11-31-21)17-5-4-12-2-1-3-13-8-18(13)23(12)25(17)32/h1-7,9-11,18,22,30,32H,8H2. The summed E-state index contributed by atoms with van der Waals surface area (Å²) in [5, 5.41) is 21.9. The first-order valence-electron chi connectivity index (χ1n) is 9.92. The van der Waals surface area contributed by atoms with Crippen molar-refractivity contribution in [1.29, 1.82) is 5.41 Å². The lowest BCUT2D eigenvalue weighted by molar-refractivity contribution is 0.461. The first kappa shape index (κ1) is 21.5. The first-order valence-corrected chi connectivity index (χ1v) is 11.4. The molecule has 7 heteroatoms. The summed E-state index contributed by atoms with van der Waals surface area (Å²) in [5.74, 6) is -0.297. The maximum atomic E-state index is 11.4. The molecule has 0 bridgehead atoms. The van der Waals surface area contributed by atoms with Gasteiger partial charge in [0.15, 0.2) is 0 Å². The van der Waals surface area contributed by atoms with E-state index in [1.165, 1.54) is 11.8 Å². The highest BCUT2D eigenvalue weighted by molar-refractivity contribution is 6.42. The van der Waals surface area contributed by atoms with E-state index in [-0.39, 0.29) is 17.4 Å². The Kier molecular flexibility index (Phi) is 5.55. The minimum Gasteiger partial charge on any atom is -0.507 e. The second kappa shape index (κ2) is 8.24. The number of pyridine rings is 1. The van der Waals surface area contributed by atoms with Gasteiger partial charge < -0.3 is 10.5 Å². The molecule has 0 radical (unpaired) electrons. The Balaban J connectivity index is 1.70. The van der Waals surface area contributed by atoms with E-state index in [0.717, 1.165) is 17.5 Å². The third-order valence-electron chi connectivity index (χ3n) is 5.85. The van der Waals surface area contributed by atoms with Crippen LogP contribution in [0.15, 0.2) is 60.3 Å². The third-order valence-corrected chi connectivity index (χ3v) is 6.99. The highest BCUT2D eigenvalue weighted by Crippen LogP contribution is 2.54. The van der Waals surface area contributed by atoms with E-state index in [1.807, 2.05) is 24.3 Å². The fourth-order valence-corrected chi connectivity index (χ4v) is 5.06. The summed E-state index contributed by atoms with van der Waals surface area (Å²) in [4.78, 5) is 4.30. The number of hydrogen-bond acceptors (Lipinski definition) is 3. The van der Waals surface area contributed by atoms with Gasteiger partial charge in [-0.15, -0.1) is 0 Å². The summed E-state index contributed by atoms with van der Waals surface area (Å²) in [6.45, 7) is 0. The maximum absolute atomic E-state index is 11.4. The molecule has 2 aliphatic carbocycles. The van der Waals surface area contributed by atoms with E-state index >= 15 is 0 Å². The quantitative estimate of drug-likeness (QED) is 0.355. The van der Waals surface area contributed by atoms with Crippen molar-refractivity contribution in [2.24, 2.45) is 0 Å². The summed E-state index contributed by atoms with van der Waals surface area (Å²) in [6, 6.07) is 10.5. The number of rotatable bonds is 4. The van der Waals surface area contributed by atoms with Crippen LogP contribution in [0.1, 0.15) is 46.2 Å². The zero-order valence-electron chi connectivity index (χ0n) is 16.5. The molecule has 2 N–H and O–H groups in total. The summed E-state index contributed by atoms with van der Waals surface area (Å²) in [5.41, 5.74) is 4.90. The van der Waals surface area contributed by atoms with Crippen molar-refractivity contribution in [2.45, 2.75) is 18.3 Å². The predicted molar refractivity (Wildman–Crippen MR) is 132 cm³/mol. The molecular weight excluding hydrogens is 486 g/mol. The number of nitrogens with zero attached hydrogens (tertiary/aromatic N) is 1. The van der Waals surface area contributed by atoms with Crippen LogP contribution in [0.5, 0.6) is 5.75 Å². The average molecular weight is 502 g/mol. The van der Waals surface area contributed by atoms with Gasteiger partial charge in [-0.05, 0) is 41.8 Å². The van der Waals surface area contributed by atoms with Crippen molar-refractivity contribution in [3.8, 4) is 5.75 Å². The molecule has 0 aliphatic heterocycles. The Labute approximate surface area is 205 Å². The highest BCUT2D eigenvalue weighted by Gasteiger charge is 2.37. The van der Waals surface area contributed by atoms with Crippen molar-refractivity contribution in [1.82, 2.24) is 4.98 Å². The summed E-state index contributed by atoms with van der Waals surface area (Å²) < 4.78 is 0. The number of aromatic hydroxyl groups is 1. The van der Waals surface area contributed by atoms with Crippen LogP contribution in [0.2, 0.25) is 20.1 Å². The number of fused-ring (bicyclic) bond motifs is 3. The molecule has 3 nitrogen and oxygen atoms in total. The molecule has 5 rings (SSSR count). The van der Waals surface area contributed by atoms with Crippen LogP contribution in [0.4, 0.5) is 0 Å². The number of phenolic OH excluding ortho intramolecular Hbond substituents is 1. The largest absolute Gasteiger partial charge is 0.507 e. The van der Waals surface area contributed by atoms with Gasteiger partial charge in [0.2, 0.25) is 0 Å². The van der Waals surface area contributed by atoms with Crippen LogP contribution in [-0.2, 0) is 0 Å². The number of benzene rings is 2. The van der Waals surface area contributed by atoms with E-state index in [0.29, 0.717) is 36.9 Å². The number of phenols is 1. The van der Waals surface area contributed by atoms with Crippen LogP contribution in [0.25, 0.3) is 6.08 Å². The van der Waals surface area contributed by atoms with Gasteiger partial charge in [-0.1, -0.05) is 82.3 Å². The third kappa shape index (κ3) is 3.84. The van der Waals surface area contributed by atoms with E-state index in [4.69, 9.17) is 51.8 Å². The summed E-state index contributed by atoms with van der Waals surface area (Å²) >= 11 is 24.8. The monoisotopic (exact) mass is 500 g/mol. The lowest BCUT2D eigenvalue weighted by atomic mass is 9.83. The van der Waals surface area contributed by atoms with Crippen LogP contribution in [-0.4, -0.2) is 15.8 Å². The number of allylic oxidation sites excluding steroid dienone is 3. The lowest BCUT2D eigenvalue weighted by Gasteiger charge is -2.23. The van der Waals surface area contributed by atoms with E-state index in [9.17, 15) is 5.11 Å². The number of halogens is 4. The molecule has 160 valence electrons. The molecule has 1 fully saturated rings. The number of nitrogens with one attached hydrogen (secondary N) is 1. The lowest BCUT2D eigenvalue weighted by Crippen LogP contribution is -2.17. The van der Waals surface area contributed by atoms with Crippen LogP contribution in [0.3, 0.4) is 0 Å². The zero-order chi connectivity index (χ0) is 22.6. The Morgan fingerprint density at radius 2 is 1.78 bits per heavy atom. The van der Waals surface area contributed by atoms with Gasteiger partial charge in [0.05, 0.1) is 27.4 Å². The van der Waals surface area contributed by atoms with Gasteiger partial charge in [-0.2, -0.15) is 0 Å². The minimum absolute atomic E-state index is 0.146. The number of aromatic nitrogens is 1. The topological polar surface area (TPSA) is 57.0 Å².